The fourth-order valence-corrected chi connectivity index (χ4v) is 5.58. The molecule has 3 aromatic carbocycles. The standard InChI is InChI=1S/C31H28N2O5S/c1-19-10-12-21(13-11-19)18-38-24-15-14-22(16-25(24)36-3)17-26-29(34)33-28(23-8-6-5-7-9-23)27(30(35)37-4)20(2)32-31(33)39-26/h5-17,28H,18H2,1-4H3. The molecule has 0 bridgehead atoms. The van der Waals surface area contributed by atoms with Crippen molar-refractivity contribution in [2.75, 3.05) is 14.2 Å². The van der Waals surface area contributed by atoms with Crippen LogP contribution in [0.5, 0.6) is 11.5 Å². The third kappa shape index (κ3) is 5.28. The number of benzene rings is 3. The van der Waals surface area contributed by atoms with Gasteiger partial charge in [0.2, 0.25) is 0 Å². The second-order valence-electron chi connectivity index (χ2n) is 9.17. The van der Waals surface area contributed by atoms with Crippen LogP contribution in [0.2, 0.25) is 0 Å². The van der Waals surface area contributed by atoms with Crippen LogP contribution >= 0.6 is 11.3 Å². The Balaban J connectivity index is 1.53. The van der Waals surface area contributed by atoms with Gasteiger partial charge in [-0.2, -0.15) is 0 Å². The van der Waals surface area contributed by atoms with Crippen molar-refractivity contribution in [2.24, 2.45) is 4.99 Å². The summed E-state index contributed by atoms with van der Waals surface area (Å²) in [6, 6.07) is 22.5. The Bertz CT molecular complexity index is 1730. The summed E-state index contributed by atoms with van der Waals surface area (Å²) >= 11 is 1.28. The Hall–Kier alpha value is -4.43. The Kier molecular flexibility index (Phi) is 7.47. The molecule has 2 heterocycles. The molecular weight excluding hydrogens is 512 g/mol. The van der Waals surface area contributed by atoms with Crippen LogP contribution in [0.1, 0.15) is 35.2 Å². The molecule has 4 aromatic rings. The lowest BCUT2D eigenvalue weighted by Gasteiger charge is -2.24. The highest BCUT2D eigenvalue weighted by molar-refractivity contribution is 7.07. The maximum atomic E-state index is 13.7. The van der Waals surface area contributed by atoms with Crippen LogP contribution in [-0.2, 0) is 16.1 Å². The molecule has 8 heteroatoms. The van der Waals surface area contributed by atoms with Crippen LogP contribution in [0.15, 0.2) is 93.9 Å². The number of esters is 1. The van der Waals surface area contributed by atoms with E-state index in [1.165, 1.54) is 24.0 Å². The van der Waals surface area contributed by atoms with Crippen molar-refractivity contribution in [3.8, 4) is 11.5 Å². The predicted molar refractivity (Wildman–Crippen MR) is 151 cm³/mol. The van der Waals surface area contributed by atoms with Gasteiger partial charge < -0.3 is 14.2 Å². The summed E-state index contributed by atoms with van der Waals surface area (Å²) in [5, 5.41) is 0. The molecule has 0 N–H and O–H groups in total. The first-order chi connectivity index (χ1) is 18.9. The summed E-state index contributed by atoms with van der Waals surface area (Å²) in [4.78, 5) is 31.6. The summed E-state index contributed by atoms with van der Waals surface area (Å²) in [7, 11) is 2.92. The zero-order chi connectivity index (χ0) is 27.5. The lowest BCUT2D eigenvalue weighted by Crippen LogP contribution is -2.39. The second-order valence-corrected chi connectivity index (χ2v) is 10.2. The number of thiazole rings is 1. The van der Waals surface area contributed by atoms with Crippen LogP contribution < -0.4 is 24.4 Å². The molecule has 1 aliphatic rings. The zero-order valence-corrected chi connectivity index (χ0v) is 23.0. The molecule has 39 heavy (non-hydrogen) atoms. The van der Waals surface area contributed by atoms with E-state index in [1.807, 2.05) is 79.7 Å². The molecule has 5 rings (SSSR count). The highest BCUT2D eigenvalue weighted by atomic mass is 32.1. The third-order valence-electron chi connectivity index (χ3n) is 6.54. The van der Waals surface area contributed by atoms with Gasteiger partial charge in [0.1, 0.15) is 6.61 Å². The Labute approximate surface area is 229 Å². The molecule has 0 saturated heterocycles. The SMILES string of the molecule is COC(=O)C1=C(C)N=c2sc(=Cc3ccc(OCc4ccc(C)cc4)c(OC)c3)c(=O)n2C1c1ccccc1. The molecule has 0 radical (unpaired) electrons. The molecule has 0 aliphatic carbocycles. The molecule has 1 atom stereocenters. The molecule has 1 unspecified atom stereocenters. The molecule has 1 aliphatic heterocycles. The van der Waals surface area contributed by atoms with Gasteiger partial charge in [0.25, 0.3) is 5.56 Å². The first-order valence-corrected chi connectivity index (χ1v) is 13.2. The normalized spacial score (nSPS) is 15.0. The lowest BCUT2D eigenvalue weighted by molar-refractivity contribution is -0.136. The Morgan fingerprint density at radius 2 is 1.74 bits per heavy atom. The number of ether oxygens (including phenoxy) is 3. The molecule has 0 saturated carbocycles. The third-order valence-corrected chi connectivity index (χ3v) is 7.53. The van der Waals surface area contributed by atoms with Crippen molar-refractivity contribution >= 4 is 23.4 Å². The van der Waals surface area contributed by atoms with E-state index in [-0.39, 0.29) is 5.56 Å². The van der Waals surface area contributed by atoms with E-state index in [0.29, 0.717) is 38.7 Å². The molecule has 198 valence electrons. The Morgan fingerprint density at radius 1 is 1.00 bits per heavy atom. The number of hydrogen-bond donors (Lipinski definition) is 0. The molecule has 0 amide bonds. The average molecular weight is 541 g/mol. The lowest BCUT2D eigenvalue weighted by atomic mass is 9.96. The highest BCUT2D eigenvalue weighted by Crippen LogP contribution is 2.31. The minimum Gasteiger partial charge on any atom is -0.493 e. The van der Waals surface area contributed by atoms with Gasteiger partial charge in [0, 0.05) is 0 Å². The van der Waals surface area contributed by atoms with Crippen LogP contribution in [0.4, 0.5) is 0 Å². The minimum absolute atomic E-state index is 0.236. The van der Waals surface area contributed by atoms with Crippen molar-refractivity contribution in [3.05, 3.63) is 126 Å². The number of fused-ring (bicyclic) bond motifs is 1. The monoisotopic (exact) mass is 540 g/mol. The maximum absolute atomic E-state index is 13.7. The number of carbonyl (C=O) groups excluding carboxylic acids is 1. The van der Waals surface area contributed by atoms with Gasteiger partial charge in [0.15, 0.2) is 16.3 Å². The second kappa shape index (κ2) is 11.1. The topological polar surface area (TPSA) is 79.1 Å². The number of hydrogen-bond acceptors (Lipinski definition) is 7. The molecule has 0 fully saturated rings. The van der Waals surface area contributed by atoms with E-state index in [1.54, 1.807) is 24.7 Å². The average Bonchev–Trinajstić information content (AvgIpc) is 3.26. The quantitative estimate of drug-likeness (QED) is 0.327. The Morgan fingerprint density at radius 3 is 2.44 bits per heavy atom. The van der Waals surface area contributed by atoms with Crippen molar-refractivity contribution in [1.29, 1.82) is 0 Å². The number of rotatable bonds is 7. The number of carbonyl (C=O) groups is 1. The summed E-state index contributed by atoms with van der Waals surface area (Å²) in [5.74, 6) is 0.666. The fourth-order valence-electron chi connectivity index (χ4n) is 4.53. The first kappa shape index (κ1) is 26.2. The van der Waals surface area contributed by atoms with E-state index in [4.69, 9.17) is 14.2 Å². The summed E-state index contributed by atoms with van der Waals surface area (Å²) < 4.78 is 18.7. The smallest absolute Gasteiger partial charge is 0.338 e. The van der Waals surface area contributed by atoms with Gasteiger partial charge >= 0.3 is 5.97 Å². The van der Waals surface area contributed by atoms with Crippen molar-refractivity contribution in [1.82, 2.24) is 4.57 Å². The maximum Gasteiger partial charge on any atom is 0.338 e. The molecule has 0 spiro atoms. The van der Waals surface area contributed by atoms with Crippen molar-refractivity contribution < 1.29 is 19.0 Å². The van der Waals surface area contributed by atoms with Gasteiger partial charge in [-0.25, -0.2) is 9.79 Å². The van der Waals surface area contributed by atoms with Crippen LogP contribution in [0.25, 0.3) is 6.08 Å². The van der Waals surface area contributed by atoms with Gasteiger partial charge in [-0.15, -0.1) is 0 Å². The van der Waals surface area contributed by atoms with Gasteiger partial charge in [-0.3, -0.25) is 9.36 Å². The van der Waals surface area contributed by atoms with Crippen molar-refractivity contribution in [2.45, 2.75) is 26.5 Å². The van der Waals surface area contributed by atoms with E-state index in [9.17, 15) is 9.59 Å². The predicted octanol–water partition coefficient (Wildman–Crippen LogP) is 4.30. The zero-order valence-electron chi connectivity index (χ0n) is 22.1. The largest absolute Gasteiger partial charge is 0.493 e. The van der Waals surface area contributed by atoms with Crippen LogP contribution in [0.3, 0.4) is 0 Å². The van der Waals surface area contributed by atoms with E-state index < -0.39 is 12.0 Å². The van der Waals surface area contributed by atoms with Gasteiger partial charge in [0.05, 0.1) is 36.1 Å². The fraction of sp³-hybridized carbons (Fsp3) is 0.194. The molecule has 1 aromatic heterocycles. The summed E-state index contributed by atoms with van der Waals surface area (Å²) in [5.41, 5.74) is 4.47. The van der Waals surface area contributed by atoms with E-state index in [2.05, 4.69) is 4.99 Å². The summed E-state index contributed by atoms with van der Waals surface area (Å²) in [6.45, 7) is 4.22. The van der Waals surface area contributed by atoms with E-state index in [0.717, 1.165) is 16.7 Å². The first-order valence-electron chi connectivity index (χ1n) is 12.4. The van der Waals surface area contributed by atoms with E-state index >= 15 is 0 Å². The van der Waals surface area contributed by atoms with Gasteiger partial charge in [-0.1, -0.05) is 77.6 Å². The number of nitrogens with zero attached hydrogens (tertiary/aromatic N) is 2. The van der Waals surface area contributed by atoms with Crippen LogP contribution in [-0.4, -0.2) is 24.8 Å². The number of allylic oxidation sites excluding steroid dienone is 1. The van der Waals surface area contributed by atoms with Crippen LogP contribution in [0, 0.1) is 6.92 Å². The van der Waals surface area contributed by atoms with Gasteiger partial charge in [-0.05, 0) is 48.7 Å². The highest BCUT2D eigenvalue weighted by Gasteiger charge is 2.32. The summed E-state index contributed by atoms with van der Waals surface area (Å²) in [6.07, 6.45) is 1.80. The van der Waals surface area contributed by atoms with Crippen molar-refractivity contribution in [3.63, 3.8) is 0 Å². The minimum atomic E-state index is -0.635. The number of aromatic nitrogens is 1. The molecular formula is C31H28N2O5S. The molecule has 7 nitrogen and oxygen atoms in total. The number of methoxy groups -OCH3 is 2. The number of aryl methyl sites for hydroxylation is 1.